The molecule has 0 heterocycles. The van der Waals surface area contributed by atoms with E-state index in [-0.39, 0.29) is 12.4 Å². The van der Waals surface area contributed by atoms with Crippen molar-refractivity contribution in [2.45, 2.75) is 6.42 Å². The lowest BCUT2D eigenvalue weighted by Crippen LogP contribution is -2.30. The highest BCUT2D eigenvalue weighted by Gasteiger charge is 2.19. The van der Waals surface area contributed by atoms with Crippen molar-refractivity contribution in [3.63, 3.8) is 0 Å². The number of nitrogens with one attached hydrogen (secondary N) is 1. The van der Waals surface area contributed by atoms with Crippen molar-refractivity contribution in [3.05, 3.63) is 71.0 Å². The van der Waals surface area contributed by atoms with Crippen LogP contribution >= 0.6 is 0 Å². The lowest BCUT2D eigenvalue weighted by atomic mass is 10.1. The van der Waals surface area contributed by atoms with Gasteiger partial charge in [-0.25, -0.2) is 18.0 Å². The average Bonchev–Trinajstić information content (AvgIpc) is 2.54. The third-order valence-electron chi connectivity index (χ3n) is 3.15. The molecular weight excluding hydrogens is 323 g/mol. The van der Waals surface area contributed by atoms with Crippen LogP contribution in [0.15, 0.2) is 42.5 Å². The standard InChI is InChI=1S/C17H14F3NO3/c18-12-6-4-11(5-7-12)8-9-21-15(22)10-24-17(23)16-13(19)2-1-3-14(16)20/h1-7H,8-10H2,(H,21,22). The minimum absolute atomic E-state index is 0.246. The lowest BCUT2D eigenvalue weighted by molar-refractivity contribution is -0.124. The highest BCUT2D eigenvalue weighted by atomic mass is 19.1. The number of carbonyl (C=O) groups excluding carboxylic acids is 2. The third kappa shape index (κ3) is 4.84. The van der Waals surface area contributed by atoms with Crippen LogP contribution < -0.4 is 5.32 Å². The second-order valence-corrected chi connectivity index (χ2v) is 4.90. The highest BCUT2D eigenvalue weighted by Crippen LogP contribution is 2.13. The first kappa shape index (κ1) is 17.5. The summed E-state index contributed by atoms with van der Waals surface area (Å²) in [6.07, 6.45) is 0.460. The van der Waals surface area contributed by atoms with Crippen LogP contribution in [0.5, 0.6) is 0 Å². The van der Waals surface area contributed by atoms with Gasteiger partial charge >= 0.3 is 5.97 Å². The quantitative estimate of drug-likeness (QED) is 0.825. The fourth-order valence-electron chi connectivity index (χ4n) is 1.94. The van der Waals surface area contributed by atoms with E-state index in [1.807, 2.05) is 0 Å². The smallest absolute Gasteiger partial charge is 0.344 e. The van der Waals surface area contributed by atoms with Gasteiger partial charge in [-0.1, -0.05) is 18.2 Å². The van der Waals surface area contributed by atoms with E-state index in [1.165, 1.54) is 12.1 Å². The Balaban J connectivity index is 1.76. The van der Waals surface area contributed by atoms with Crippen LogP contribution in [-0.4, -0.2) is 25.0 Å². The Morgan fingerprint density at radius 2 is 1.58 bits per heavy atom. The summed E-state index contributed by atoms with van der Waals surface area (Å²) < 4.78 is 44.1. The van der Waals surface area contributed by atoms with Crippen LogP contribution in [0, 0.1) is 17.5 Å². The van der Waals surface area contributed by atoms with Gasteiger partial charge in [0.15, 0.2) is 6.61 Å². The van der Waals surface area contributed by atoms with Crippen molar-refractivity contribution < 1.29 is 27.5 Å². The molecule has 0 atom stereocenters. The minimum Gasteiger partial charge on any atom is -0.452 e. The molecule has 4 nitrogen and oxygen atoms in total. The summed E-state index contributed by atoms with van der Waals surface area (Å²) >= 11 is 0. The van der Waals surface area contributed by atoms with Gasteiger partial charge in [0.05, 0.1) is 0 Å². The van der Waals surface area contributed by atoms with Crippen molar-refractivity contribution >= 4 is 11.9 Å². The summed E-state index contributed by atoms with van der Waals surface area (Å²) in [5.41, 5.74) is -0.0151. The van der Waals surface area contributed by atoms with Gasteiger partial charge in [0.2, 0.25) is 0 Å². The molecule has 0 unspecified atom stereocenters. The number of halogens is 3. The van der Waals surface area contributed by atoms with E-state index in [4.69, 9.17) is 0 Å². The Bertz CT molecular complexity index is 712. The molecule has 0 aliphatic rings. The maximum absolute atomic E-state index is 13.4. The zero-order chi connectivity index (χ0) is 17.5. The summed E-state index contributed by atoms with van der Waals surface area (Å²) in [7, 11) is 0. The Labute approximate surface area is 136 Å². The van der Waals surface area contributed by atoms with E-state index in [0.29, 0.717) is 6.42 Å². The monoisotopic (exact) mass is 337 g/mol. The molecule has 1 amide bonds. The maximum atomic E-state index is 13.4. The Morgan fingerprint density at radius 3 is 2.21 bits per heavy atom. The van der Waals surface area contributed by atoms with Gasteiger partial charge in [0.25, 0.3) is 5.91 Å². The van der Waals surface area contributed by atoms with E-state index in [1.54, 1.807) is 12.1 Å². The molecule has 0 aromatic heterocycles. The molecule has 2 aromatic rings. The summed E-state index contributed by atoms with van der Waals surface area (Å²) in [5.74, 6) is -4.33. The number of amides is 1. The molecule has 0 aliphatic carbocycles. The first-order valence-electron chi connectivity index (χ1n) is 7.09. The van der Waals surface area contributed by atoms with Crippen LogP contribution in [-0.2, 0) is 16.0 Å². The number of esters is 1. The molecule has 0 spiro atoms. The second-order valence-electron chi connectivity index (χ2n) is 4.90. The molecule has 126 valence electrons. The van der Waals surface area contributed by atoms with Gasteiger partial charge in [-0.3, -0.25) is 4.79 Å². The number of hydrogen-bond donors (Lipinski definition) is 1. The second kappa shape index (κ2) is 8.14. The molecular formula is C17H14F3NO3. The van der Waals surface area contributed by atoms with Gasteiger partial charge in [0.1, 0.15) is 23.0 Å². The average molecular weight is 337 g/mol. The Hall–Kier alpha value is -2.83. The summed E-state index contributed by atoms with van der Waals surface area (Å²) in [4.78, 5) is 23.2. The molecule has 24 heavy (non-hydrogen) atoms. The summed E-state index contributed by atoms with van der Waals surface area (Å²) in [5, 5.41) is 2.48. The lowest BCUT2D eigenvalue weighted by Gasteiger charge is -2.08. The summed E-state index contributed by atoms with van der Waals surface area (Å²) in [6.45, 7) is -0.411. The van der Waals surface area contributed by atoms with Crippen molar-refractivity contribution in [2.24, 2.45) is 0 Å². The van der Waals surface area contributed by atoms with Gasteiger partial charge in [0, 0.05) is 6.54 Å². The van der Waals surface area contributed by atoms with E-state index in [0.717, 1.165) is 23.8 Å². The van der Waals surface area contributed by atoms with Crippen molar-refractivity contribution in [1.82, 2.24) is 5.32 Å². The largest absolute Gasteiger partial charge is 0.452 e. The maximum Gasteiger partial charge on any atom is 0.344 e. The van der Waals surface area contributed by atoms with Gasteiger partial charge < -0.3 is 10.1 Å². The van der Waals surface area contributed by atoms with E-state index in [2.05, 4.69) is 10.1 Å². The molecule has 7 heteroatoms. The predicted octanol–water partition coefficient (Wildman–Crippen LogP) is 2.62. The number of ether oxygens (including phenoxy) is 1. The highest BCUT2D eigenvalue weighted by molar-refractivity contribution is 5.91. The topological polar surface area (TPSA) is 55.4 Å². The first-order valence-corrected chi connectivity index (χ1v) is 7.09. The van der Waals surface area contributed by atoms with Crippen molar-refractivity contribution in [2.75, 3.05) is 13.2 Å². The van der Waals surface area contributed by atoms with Crippen LogP contribution in [0.1, 0.15) is 15.9 Å². The fourth-order valence-corrected chi connectivity index (χ4v) is 1.94. The molecule has 0 saturated carbocycles. The number of rotatable bonds is 6. The SMILES string of the molecule is O=C(COC(=O)c1c(F)cccc1F)NCCc1ccc(F)cc1. The van der Waals surface area contributed by atoms with E-state index >= 15 is 0 Å². The van der Waals surface area contributed by atoms with E-state index in [9.17, 15) is 22.8 Å². The van der Waals surface area contributed by atoms with Gasteiger partial charge in [-0.2, -0.15) is 0 Å². The minimum atomic E-state index is -1.25. The number of benzene rings is 2. The molecule has 0 fully saturated rings. The van der Waals surface area contributed by atoms with E-state index < -0.39 is 35.7 Å². The zero-order valence-electron chi connectivity index (χ0n) is 12.5. The van der Waals surface area contributed by atoms with Crippen LogP contribution in [0.25, 0.3) is 0 Å². The van der Waals surface area contributed by atoms with Crippen LogP contribution in [0.3, 0.4) is 0 Å². The fraction of sp³-hybridized carbons (Fsp3) is 0.176. The van der Waals surface area contributed by atoms with Crippen molar-refractivity contribution in [3.8, 4) is 0 Å². The van der Waals surface area contributed by atoms with Crippen LogP contribution in [0.4, 0.5) is 13.2 Å². The third-order valence-corrected chi connectivity index (χ3v) is 3.15. The van der Waals surface area contributed by atoms with Gasteiger partial charge in [-0.05, 0) is 36.2 Å². The normalized spacial score (nSPS) is 10.3. The van der Waals surface area contributed by atoms with Crippen molar-refractivity contribution in [1.29, 1.82) is 0 Å². The van der Waals surface area contributed by atoms with Crippen LogP contribution in [0.2, 0.25) is 0 Å². The molecule has 1 N–H and O–H groups in total. The van der Waals surface area contributed by atoms with Gasteiger partial charge in [-0.15, -0.1) is 0 Å². The number of hydrogen-bond acceptors (Lipinski definition) is 3. The molecule has 0 saturated heterocycles. The first-order chi connectivity index (χ1) is 11.5. The zero-order valence-corrected chi connectivity index (χ0v) is 12.5. The molecule has 2 aromatic carbocycles. The number of carbonyl (C=O) groups is 2. The molecule has 0 bridgehead atoms. The predicted molar refractivity (Wildman–Crippen MR) is 79.8 cm³/mol. The molecule has 2 rings (SSSR count). The molecule has 0 aliphatic heterocycles. The summed E-state index contributed by atoms with van der Waals surface area (Å²) in [6, 6.07) is 8.74. The Kier molecular flexibility index (Phi) is 5.95. The molecule has 0 radical (unpaired) electrons. The Morgan fingerprint density at radius 1 is 0.958 bits per heavy atom.